The molecule has 0 spiro atoms. The van der Waals surface area contributed by atoms with E-state index in [1.54, 1.807) is 41.3 Å². The number of carbonyl (C=O) groups excluding carboxylic acids is 2. The van der Waals surface area contributed by atoms with Crippen molar-refractivity contribution >= 4 is 46.8 Å². The summed E-state index contributed by atoms with van der Waals surface area (Å²) in [6.45, 7) is 4.59. The fourth-order valence-electron chi connectivity index (χ4n) is 3.78. The Morgan fingerprint density at radius 2 is 1.59 bits per heavy atom. The molecule has 0 aliphatic rings. The molecule has 1 N–H and O–H groups in total. The molecule has 2 amide bonds. The largest absolute Gasteiger partial charge is 0.354 e. The van der Waals surface area contributed by atoms with Gasteiger partial charge in [-0.05, 0) is 35.2 Å². The molecule has 0 aliphatic heterocycles. The molecule has 0 radical (unpaired) electrons. The Morgan fingerprint density at radius 1 is 0.946 bits per heavy atom. The van der Waals surface area contributed by atoms with Crippen molar-refractivity contribution in [1.29, 1.82) is 0 Å². The molecule has 0 aliphatic carbocycles. The SMILES string of the molecule is CC(C)CNC(=O)[C@H](Cc1ccccc1)N(Cc1c(Cl)cccc1Cl)C(=O)CSCc1ccccc1F. The average molecular weight is 562 g/mol. The van der Waals surface area contributed by atoms with Crippen LogP contribution in [0.1, 0.15) is 30.5 Å². The molecule has 0 saturated carbocycles. The van der Waals surface area contributed by atoms with Crippen LogP contribution in [0.2, 0.25) is 10.0 Å². The maximum atomic E-state index is 14.1. The number of hydrogen-bond donors (Lipinski definition) is 1. The zero-order valence-electron chi connectivity index (χ0n) is 20.9. The minimum absolute atomic E-state index is 0.0686. The van der Waals surface area contributed by atoms with Gasteiger partial charge in [0, 0.05) is 40.9 Å². The highest BCUT2D eigenvalue weighted by Crippen LogP contribution is 2.28. The van der Waals surface area contributed by atoms with Crippen LogP contribution in [0.15, 0.2) is 72.8 Å². The number of nitrogens with zero attached hydrogens (tertiary/aromatic N) is 1. The van der Waals surface area contributed by atoms with E-state index in [2.05, 4.69) is 5.32 Å². The maximum absolute atomic E-state index is 14.1. The van der Waals surface area contributed by atoms with Gasteiger partial charge in [0.05, 0.1) is 5.75 Å². The summed E-state index contributed by atoms with van der Waals surface area (Å²) >= 11 is 14.2. The molecular formula is C29H31Cl2FN2O2S. The highest BCUT2D eigenvalue weighted by Gasteiger charge is 2.31. The number of benzene rings is 3. The predicted molar refractivity (Wildman–Crippen MR) is 151 cm³/mol. The Labute approximate surface area is 232 Å². The summed E-state index contributed by atoms with van der Waals surface area (Å²) in [5.41, 5.74) is 2.03. The first kappa shape index (κ1) is 29.0. The zero-order chi connectivity index (χ0) is 26.8. The van der Waals surface area contributed by atoms with Gasteiger partial charge in [0.1, 0.15) is 11.9 Å². The minimum Gasteiger partial charge on any atom is -0.354 e. The Kier molecular flexibility index (Phi) is 11.3. The van der Waals surface area contributed by atoms with Gasteiger partial charge in [-0.1, -0.05) is 91.6 Å². The second-order valence-corrected chi connectivity index (χ2v) is 11.0. The summed E-state index contributed by atoms with van der Waals surface area (Å²) in [6, 6.07) is 20.5. The van der Waals surface area contributed by atoms with Crippen LogP contribution in [0, 0.1) is 11.7 Å². The van der Waals surface area contributed by atoms with E-state index in [-0.39, 0.29) is 35.8 Å². The molecule has 37 heavy (non-hydrogen) atoms. The summed E-state index contributed by atoms with van der Waals surface area (Å²) in [5.74, 6) is -0.149. The van der Waals surface area contributed by atoms with Crippen molar-refractivity contribution in [2.24, 2.45) is 5.92 Å². The zero-order valence-corrected chi connectivity index (χ0v) is 23.3. The lowest BCUT2D eigenvalue weighted by Gasteiger charge is -2.32. The second-order valence-electron chi connectivity index (χ2n) is 9.15. The van der Waals surface area contributed by atoms with Gasteiger partial charge >= 0.3 is 0 Å². The standard InChI is InChI=1S/C29H31Cl2FN2O2S/c1-20(2)16-33-29(36)27(15-21-9-4-3-5-10-21)34(17-23-24(30)12-8-13-25(23)31)28(35)19-37-18-22-11-6-7-14-26(22)32/h3-14,20,27H,15-19H2,1-2H3,(H,33,36)/t27-/m0/s1. The monoisotopic (exact) mass is 560 g/mol. The highest BCUT2D eigenvalue weighted by molar-refractivity contribution is 7.99. The molecule has 3 aromatic carbocycles. The first-order chi connectivity index (χ1) is 17.8. The van der Waals surface area contributed by atoms with Gasteiger partial charge in [-0.3, -0.25) is 9.59 Å². The number of rotatable bonds is 12. The molecule has 3 rings (SSSR count). The fraction of sp³-hybridized carbons (Fsp3) is 0.310. The molecule has 0 bridgehead atoms. The molecule has 4 nitrogen and oxygen atoms in total. The number of amides is 2. The van der Waals surface area contributed by atoms with Crippen LogP contribution in [0.25, 0.3) is 0 Å². The van der Waals surface area contributed by atoms with Crippen molar-refractivity contribution in [3.05, 3.63) is 105 Å². The predicted octanol–water partition coefficient (Wildman–Crippen LogP) is 6.78. The van der Waals surface area contributed by atoms with Crippen molar-refractivity contribution in [1.82, 2.24) is 10.2 Å². The normalized spacial score (nSPS) is 11.8. The Morgan fingerprint density at radius 3 is 2.24 bits per heavy atom. The Bertz CT molecular complexity index is 1170. The first-order valence-electron chi connectivity index (χ1n) is 12.1. The van der Waals surface area contributed by atoms with Crippen molar-refractivity contribution in [3.8, 4) is 0 Å². The molecule has 0 saturated heterocycles. The molecular weight excluding hydrogens is 530 g/mol. The van der Waals surface area contributed by atoms with E-state index in [0.717, 1.165) is 5.56 Å². The van der Waals surface area contributed by atoms with Gasteiger partial charge in [-0.25, -0.2) is 4.39 Å². The average Bonchev–Trinajstić information content (AvgIpc) is 2.87. The van der Waals surface area contributed by atoms with Crippen molar-refractivity contribution in [3.63, 3.8) is 0 Å². The third-order valence-electron chi connectivity index (χ3n) is 5.79. The number of carbonyl (C=O) groups is 2. The van der Waals surface area contributed by atoms with Crippen molar-refractivity contribution in [2.75, 3.05) is 12.3 Å². The molecule has 0 heterocycles. The van der Waals surface area contributed by atoms with Gasteiger partial charge in [0.15, 0.2) is 0 Å². The van der Waals surface area contributed by atoms with E-state index in [4.69, 9.17) is 23.2 Å². The number of thioether (sulfide) groups is 1. The number of hydrogen-bond acceptors (Lipinski definition) is 3. The van der Waals surface area contributed by atoms with Crippen LogP contribution < -0.4 is 5.32 Å². The van der Waals surface area contributed by atoms with Gasteiger partial charge in [-0.2, -0.15) is 0 Å². The van der Waals surface area contributed by atoms with E-state index >= 15 is 0 Å². The quantitative estimate of drug-likeness (QED) is 0.265. The molecule has 0 unspecified atom stereocenters. The van der Waals surface area contributed by atoms with Crippen LogP contribution in [-0.2, 0) is 28.3 Å². The highest BCUT2D eigenvalue weighted by atomic mass is 35.5. The van der Waals surface area contributed by atoms with Crippen molar-refractivity contribution in [2.45, 2.75) is 38.6 Å². The maximum Gasteiger partial charge on any atom is 0.243 e. The lowest BCUT2D eigenvalue weighted by atomic mass is 10.0. The third-order valence-corrected chi connectivity index (χ3v) is 7.46. The first-order valence-corrected chi connectivity index (χ1v) is 14.0. The number of nitrogens with one attached hydrogen (secondary N) is 1. The van der Waals surface area contributed by atoms with E-state index < -0.39 is 6.04 Å². The molecule has 0 fully saturated rings. The van der Waals surface area contributed by atoms with E-state index in [9.17, 15) is 14.0 Å². The van der Waals surface area contributed by atoms with Crippen LogP contribution in [-0.4, -0.2) is 35.1 Å². The van der Waals surface area contributed by atoms with E-state index in [1.165, 1.54) is 17.8 Å². The van der Waals surface area contributed by atoms with Crippen molar-refractivity contribution < 1.29 is 14.0 Å². The molecule has 8 heteroatoms. The Balaban J connectivity index is 1.90. The van der Waals surface area contributed by atoms with E-state index in [0.29, 0.717) is 39.9 Å². The summed E-state index contributed by atoms with van der Waals surface area (Å²) in [5, 5.41) is 3.83. The Hall–Kier alpha value is -2.54. The second kappa shape index (κ2) is 14.4. The molecule has 196 valence electrons. The lowest BCUT2D eigenvalue weighted by molar-refractivity contribution is -0.139. The molecule has 1 atom stereocenters. The summed E-state index contributed by atoms with van der Waals surface area (Å²) in [7, 11) is 0. The van der Waals surface area contributed by atoms with Gasteiger partial charge in [-0.15, -0.1) is 11.8 Å². The summed E-state index contributed by atoms with van der Waals surface area (Å²) < 4.78 is 14.1. The molecule has 3 aromatic rings. The van der Waals surface area contributed by atoms with Crippen LogP contribution in [0.4, 0.5) is 4.39 Å². The van der Waals surface area contributed by atoms with Crippen LogP contribution >= 0.6 is 35.0 Å². The summed E-state index contributed by atoms with van der Waals surface area (Å²) in [4.78, 5) is 28.7. The molecule has 0 aromatic heterocycles. The lowest BCUT2D eigenvalue weighted by Crippen LogP contribution is -2.51. The number of halogens is 3. The fourth-order valence-corrected chi connectivity index (χ4v) is 5.19. The van der Waals surface area contributed by atoms with Crippen LogP contribution in [0.3, 0.4) is 0 Å². The third kappa shape index (κ3) is 8.77. The van der Waals surface area contributed by atoms with Gasteiger partial charge in [0.25, 0.3) is 0 Å². The topological polar surface area (TPSA) is 49.4 Å². The summed E-state index contributed by atoms with van der Waals surface area (Å²) in [6.07, 6.45) is 0.330. The smallest absolute Gasteiger partial charge is 0.243 e. The van der Waals surface area contributed by atoms with Gasteiger partial charge in [0.2, 0.25) is 11.8 Å². The van der Waals surface area contributed by atoms with E-state index in [1.807, 2.05) is 44.2 Å². The van der Waals surface area contributed by atoms with Crippen LogP contribution in [0.5, 0.6) is 0 Å². The minimum atomic E-state index is -0.782. The van der Waals surface area contributed by atoms with Gasteiger partial charge < -0.3 is 10.2 Å².